The highest BCUT2D eigenvalue weighted by Gasteiger charge is 2.40. The molecule has 0 bridgehead atoms. The van der Waals surface area contributed by atoms with Crippen LogP contribution in [0.1, 0.15) is 18.9 Å². The molecule has 1 aliphatic rings. The summed E-state index contributed by atoms with van der Waals surface area (Å²) in [6.07, 6.45) is 0.684. The van der Waals surface area contributed by atoms with Gasteiger partial charge in [0.1, 0.15) is 0 Å². The lowest BCUT2D eigenvalue weighted by molar-refractivity contribution is -0.147. The molecule has 1 fully saturated rings. The van der Waals surface area contributed by atoms with E-state index in [-0.39, 0.29) is 0 Å². The van der Waals surface area contributed by atoms with Crippen molar-refractivity contribution in [2.75, 3.05) is 13.1 Å². The van der Waals surface area contributed by atoms with Gasteiger partial charge in [-0.15, -0.1) is 0 Å². The average Bonchev–Trinajstić information content (AvgIpc) is 2.67. The van der Waals surface area contributed by atoms with E-state index in [0.29, 0.717) is 29.6 Å². The second-order valence-electron chi connectivity index (χ2n) is 5.07. The molecule has 2 rings (SSSR count). The molecule has 0 saturated carbocycles. The quantitative estimate of drug-likeness (QED) is 0.927. The fourth-order valence-electron chi connectivity index (χ4n) is 2.26. The summed E-state index contributed by atoms with van der Waals surface area (Å²) in [5.74, 6) is -0.723. The summed E-state index contributed by atoms with van der Waals surface area (Å²) in [5, 5.41) is 10.2. The van der Waals surface area contributed by atoms with Gasteiger partial charge in [-0.05, 0) is 37.6 Å². The van der Waals surface area contributed by atoms with Crippen LogP contribution >= 0.6 is 23.2 Å². The van der Waals surface area contributed by atoms with Gasteiger partial charge in [-0.25, -0.2) is 0 Å². The zero-order valence-corrected chi connectivity index (χ0v) is 11.6. The lowest BCUT2D eigenvalue weighted by Gasteiger charge is -2.20. The first kappa shape index (κ1) is 13.7. The van der Waals surface area contributed by atoms with Crippen LogP contribution in [0.25, 0.3) is 0 Å². The molecule has 3 nitrogen and oxygen atoms in total. The number of aliphatic carboxylic acids is 1. The highest BCUT2D eigenvalue weighted by atomic mass is 35.5. The molecule has 1 unspecified atom stereocenters. The smallest absolute Gasteiger partial charge is 0.310 e. The standard InChI is InChI=1S/C13H15Cl2NO2/c1-13(12(17)18)4-5-16(8-13)7-9-2-3-10(14)11(15)6-9/h2-3,6H,4-5,7-8H2,1H3,(H,17,18). The Morgan fingerprint density at radius 3 is 2.72 bits per heavy atom. The van der Waals surface area contributed by atoms with Gasteiger partial charge in [-0.1, -0.05) is 29.3 Å². The Morgan fingerprint density at radius 1 is 1.44 bits per heavy atom. The van der Waals surface area contributed by atoms with E-state index in [4.69, 9.17) is 23.2 Å². The van der Waals surface area contributed by atoms with Gasteiger partial charge in [-0.2, -0.15) is 0 Å². The third kappa shape index (κ3) is 2.79. The fraction of sp³-hybridized carbons (Fsp3) is 0.462. The molecule has 0 aliphatic carbocycles. The van der Waals surface area contributed by atoms with Crippen molar-refractivity contribution >= 4 is 29.2 Å². The molecule has 1 atom stereocenters. The lowest BCUT2D eigenvalue weighted by atomic mass is 9.90. The SMILES string of the molecule is CC1(C(=O)O)CCN(Cc2ccc(Cl)c(Cl)c2)C1. The fourth-order valence-corrected chi connectivity index (χ4v) is 2.58. The Kier molecular flexibility index (Phi) is 3.85. The third-order valence-electron chi connectivity index (χ3n) is 3.46. The lowest BCUT2D eigenvalue weighted by Crippen LogP contribution is -2.31. The summed E-state index contributed by atoms with van der Waals surface area (Å²) in [6, 6.07) is 5.52. The molecule has 1 aliphatic heterocycles. The summed E-state index contributed by atoms with van der Waals surface area (Å²) < 4.78 is 0. The van der Waals surface area contributed by atoms with Crippen LogP contribution < -0.4 is 0 Å². The van der Waals surface area contributed by atoms with E-state index >= 15 is 0 Å². The first-order valence-corrected chi connectivity index (χ1v) is 6.56. The van der Waals surface area contributed by atoms with E-state index < -0.39 is 11.4 Å². The van der Waals surface area contributed by atoms with Crippen molar-refractivity contribution in [1.82, 2.24) is 4.90 Å². The minimum Gasteiger partial charge on any atom is -0.481 e. The van der Waals surface area contributed by atoms with Crippen molar-refractivity contribution in [3.8, 4) is 0 Å². The zero-order chi connectivity index (χ0) is 13.3. The monoisotopic (exact) mass is 287 g/mol. The molecule has 5 heteroatoms. The van der Waals surface area contributed by atoms with Crippen LogP contribution in [0.5, 0.6) is 0 Å². The number of carboxylic acids is 1. The predicted molar refractivity (Wildman–Crippen MR) is 72.1 cm³/mol. The van der Waals surface area contributed by atoms with Gasteiger partial charge in [0, 0.05) is 13.1 Å². The topological polar surface area (TPSA) is 40.5 Å². The summed E-state index contributed by atoms with van der Waals surface area (Å²) in [4.78, 5) is 13.3. The number of carboxylic acid groups (broad SMARTS) is 1. The largest absolute Gasteiger partial charge is 0.481 e. The first-order chi connectivity index (χ1) is 8.40. The number of likely N-dealkylation sites (tertiary alicyclic amines) is 1. The van der Waals surface area contributed by atoms with Crippen LogP contribution in [0, 0.1) is 5.41 Å². The van der Waals surface area contributed by atoms with Crippen molar-refractivity contribution in [3.05, 3.63) is 33.8 Å². The first-order valence-electron chi connectivity index (χ1n) is 5.80. The van der Waals surface area contributed by atoms with Crippen molar-refractivity contribution in [1.29, 1.82) is 0 Å². The summed E-state index contributed by atoms with van der Waals surface area (Å²) in [7, 11) is 0. The minimum absolute atomic E-state index is 0.536. The summed E-state index contributed by atoms with van der Waals surface area (Å²) in [6.45, 7) is 3.87. The van der Waals surface area contributed by atoms with E-state index in [1.165, 1.54) is 0 Å². The maximum Gasteiger partial charge on any atom is 0.310 e. The van der Waals surface area contributed by atoms with Crippen molar-refractivity contribution in [2.45, 2.75) is 19.9 Å². The van der Waals surface area contributed by atoms with Crippen molar-refractivity contribution in [3.63, 3.8) is 0 Å². The highest BCUT2D eigenvalue weighted by Crippen LogP contribution is 2.31. The second kappa shape index (κ2) is 5.08. The molecule has 0 spiro atoms. The van der Waals surface area contributed by atoms with Gasteiger partial charge in [0.2, 0.25) is 0 Å². The molecule has 0 aromatic heterocycles. The van der Waals surface area contributed by atoms with Crippen LogP contribution in [-0.2, 0) is 11.3 Å². The van der Waals surface area contributed by atoms with Crippen LogP contribution in [-0.4, -0.2) is 29.1 Å². The summed E-state index contributed by atoms with van der Waals surface area (Å²) in [5.41, 5.74) is 0.426. The van der Waals surface area contributed by atoms with Crippen LogP contribution in [0.3, 0.4) is 0 Å². The highest BCUT2D eigenvalue weighted by molar-refractivity contribution is 6.42. The third-order valence-corrected chi connectivity index (χ3v) is 4.20. The Bertz CT molecular complexity index is 478. The molecule has 18 heavy (non-hydrogen) atoms. The Labute approximate surface area is 116 Å². The zero-order valence-electron chi connectivity index (χ0n) is 10.1. The van der Waals surface area contributed by atoms with Gasteiger partial charge < -0.3 is 5.11 Å². The number of hydrogen-bond donors (Lipinski definition) is 1. The molecular formula is C13H15Cl2NO2. The minimum atomic E-state index is -0.723. The van der Waals surface area contributed by atoms with E-state index in [9.17, 15) is 9.90 Å². The molecule has 1 heterocycles. The Balaban J connectivity index is 2.03. The molecule has 98 valence electrons. The van der Waals surface area contributed by atoms with Crippen LogP contribution in [0.15, 0.2) is 18.2 Å². The van der Waals surface area contributed by atoms with Gasteiger partial charge in [0.15, 0.2) is 0 Å². The van der Waals surface area contributed by atoms with Crippen molar-refractivity contribution < 1.29 is 9.90 Å². The molecule has 1 aromatic rings. The molecule has 0 radical (unpaired) electrons. The Morgan fingerprint density at radius 2 is 2.17 bits per heavy atom. The Hall–Kier alpha value is -0.770. The van der Waals surface area contributed by atoms with E-state index in [0.717, 1.165) is 12.1 Å². The number of halogens is 2. The number of benzene rings is 1. The maximum atomic E-state index is 11.2. The molecule has 1 aromatic carbocycles. The van der Waals surface area contributed by atoms with Gasteiger partial charge in [0.05, 0.1) is 15.5 Å². The van der Waals surface area contributed by atoms with Gasteiger partial charge in [0.25, 0.3) is 0 Å². The van der Waals surface area contributed by atoms with Crippen LogP contribution in [0.4, 0.5) is 0 Å². The average molecular weight is 288 g/mol. The molecular weight excluding hydrogens is 273 g/mol. The molecule has 1 N–H and O–H groups in total. The van der Waals surface area contributed by atoms with Crippen molar-refractivity contribution in [2.24, 2.45) is 5.41 Å². The second-order valence-corrected chi connectivity index (χ2v) is 5.89. The van der Waals surface area contributed by atoms with E-state index in [1.807, 2.05) is 12.1 Å². The predicted octanol–water partition coefficient (Wildman–Crippen LogP) is 3.29. The molecule has 1 saturated heterocycles. The number of hydrogen-bond acceptors (Lipinski definition) is 2. The van der Waals surface area contributed by atoms with Gasteiger partial charge in [-0.3, -0.25) is 9.69 Å². The van der Waals surface area contributed by atoms with E-state index in [1.54, 1.807) is 13.0 Å². The maximum absolute atomic E-state index is 11.2. The van der Waals surface area contributed by atoms with E-state index in [2.05, 4.69) is 4.90 Å². The number of rotatable bonds is 3. The van der Waals surface area contributed by atoms with Gasteiger partial charge >= 0.3 is 5.97 Å². The normalized spacial score (nSPS) is 24.4. The number of nitrogens with zero attached hydrogens (tertiary/aromatic N) is 1. The van der Waals surface area contributed by atoms with Crippen LogP contribution in [0.2, 0.25) is 10.0 Å². The molecule has 0 amide bonds. The summed E-state index contributed by atoms with van der Waals surface area (Å²) >= 11 is 11.8. The number of carbonyl (C=O) groups is 1.